The smallest absolute Gasteiger partial charge is 0.390 e. The second-order valence-electron chi connectivity index (χ2n) is 2.80. The van der Waals surface area contributed by atoms with Crippen LogP contribution < -0.4 is 15.8 Å². The quantitative estimate of drug-likeness (QED) is 0.806. The average Bonchev–Trinajstić information content (AvgIpc) is 2.14. The molecule has 0 atom stereocenters. The van der Waals surface area contributed by atoms with Gasteiger partial charge in [0.2, 0.25) is 11.9 Å². The Bertz CT molecular complexity index is 356. The molecule has 1 aromatic rings. The molecule has 0 saturated carbocycles. The standard InChI is InChI=1S/C7H10F3N5O/c1-16-6-14-4(11)13-5(15-6)12-3-2-7(8,9)10/h2-3H2,1H3,(H3,11,12,13,14,15). The van der Waals surface area contributed by atoms with Gasteiger partial charge in [-0.05, 0) is 0 Å². The minimum absolute atomic E-state index is 0.0476. The van der Waals surface area contributed by atoms with Crippen molar-refractivity contribution in [1.82, 2.24) is 15.0 Å². The van der Waals surface area contributed by atoms with Crippen LogP contribution in [0.15, 0.2) is 0 Å². The average molecular weight is 237 g/mol. The van der Waals surface area contributed by atoms with Gasteiger partial charge in [0.1, 0.15) is 0 Å². The molecule has 0 unspecified atom stereocenters. The third-order valence-electron chi connectivity index (χ3n) is 1.51. The highest BCUT2D eigenvalue weighted by molar-refractivity contribution is 5.32. The topological polar surface area (TPSA) is 86.0 Å². The van der Waals surface area contributed by atoms with E-state index in [-0.39, 0.29) is 24.5 Å². The number of aromatic nitrogens is 3. The maximum Gasteiger partial charge on any atom is 0.390 e. The molecule has 3 N–H and O–H groups in total. The van der Waals surface area contributed by atoms with Crippen LogP contribution in [0.2, 0.25) is 0 Å². The number of anilines is 2. The van der Waals surface area contributed by atoms with Gasteiger partial charge in [-0.2, -0.15) is 28.1 Å². The van der Waals surface area contributed by atoms with Crippen molar-refractivity contribution in [3.8, 4) is 6.01 Å². The lowest BCUT2D eigenvalue weighted by Crippen LogP contribution is -2.16. The highest BCUT2D eigenvalue weighted by Crippen LogP contribution is 2.19. The van der Waals surface area contributed by atoms with Crippen molar-refractivity contribution < 1.29 is 17.9 Å². The summed E-state index contributed by atoms with van der Waals surface area (Å²) in [6.07, 6.45) is -5.21. The summed E-state index contributed by atoms with van der Waals surface area (Å²) >= 11 is 0. The number of nitrogen functional groups attached to an aromatic ring is 1. The number of nitrogens with zero attached hydrogens (tertiary/aromatic N) is 3. The number of nitrogens with one attached hydrogen (secondary N) is 1. The maximum absolute atomic E-state index is 11.8. The molecular weight excluding hydrogens is 227 g/mol. The molecule has 9 heteroatoms. The number of ether oxygens (including phenoxy) is 1. The minimum atomic E-state index is -4.23. The Morgan fingerprint density at radius 2 is 2.00 bits per heavy atom. The molecule has 0 spiro atoms. The molecular formula is C7H10F3N5O. The molecule has 90 valence electrons. The zero-order valence-corrected chi connectivity index (χ0v) is 8.38. The van der Waals surface area contributed by atoms with Crippen molar-refractivity contribution in [2.24, 2.45) is 0 Å². The fourth-order valence-corrected chi connectivity index (χ4v) is 0.858. The number of methoxy groups -OCH3 is 1. The molecule has 0 amide bonds. The summed E-state index contributed by atoms with van der Waals surface area (Å²) in [4.78, 5) is 10.8. The monoisotopic (exact) mass is 237 g/mol. The molecule has 0 aliphatic carbocycles. The van der Waals surface area contributed by atoms with E-state index in [9.17, 15) is 13.2 Å². The van der Waals surface area contributed by atoms with E-state index in [0.29, 0.717) is 0 Å². The Hall–Kier alpha value is -1.80. The van der Waals surface area contributed by atoms with Gasteiger partial charge in [-0.15, -0.1) is 0 Å². The van der Waals surface area contributed by atoms with E-state index in [4.69, 9.17) is 5.73 Å². The van der Waals surface area contributed by atoms with Gasteiger partial charge < -0.3 is 15.8 Å². The number of alkyl halides is 3. The van der Waals surface area contributed by atoms with Crippen molar-refractivity contribution in [2.45, 2.75) is 12.6 Å². The van der Waals surface area contributed by atoms with E-state index in [2.05, 4.69) is 25.0 Å². The van der Waals surface area contributed by atoms with Crippen molar-refractivity contribution in [2.75, 3.05) is 24.7 Å². The summed E-state index contributed by atoms with van der Waals surface area (Å²) in [5.74, 6) is -0.171. The Kier molecular flexibility index (Phi) is 3.69. The van der Waals surface area contributed by atoms with E-state index in [0.717, 1.165) is 0 Å². The van der Waals surface area contributed by atoms with Crippen LogP contribution in [0.25, 0.3) is 0 Å². The fourth-order valence-electron chi connectivity index (χ4n) is 0.858. The molecule has 0 bridgehead atoms. The van der Waals surface area contributed by atoms with Gasteiger partial charge in [-0.3, -0.25) is 0 Å². The van der Waals surface area contributed by atoms with Crippen molar-refractivity contribution in [1.29, 1.82) is 0 Å². The van der Waals surface area contributed by atoms with Crippen molar-refractivity contribution >= 4 is 11.9 Å². The molecule has 0 saturated heterocycles. The third-order valence-corrected chi connectivity index (χ3v) is 1.51. The largest absolute Gasteiger partial charge is 0.467 e. The van der Waals surface area contributed by atoms with Crippen LogP contribution >= 0.6 is 0 Å². The predicted molar refractivity (Wildman–Crippen MR) is 50.0 cm³/mol. The summed E-state index contributed by atoms with van der Waals surface area (Å²) in [5.41, 5.74) is 5.29. The van der Waals surface area contributed by atoms with E-state index in [1.807, 2.05) is 0 Å². The second-order valence-corrected chi connectivity index (χ2v) is 2.80. The molecule has 1 heterocycles. The highest BCUT2D eigenvalue weighted by Gasteiger charge is 2.26. The zero-order valence-electron chi connectivity index (χ0n) is 8.38. The van der Waals surface area contributed by atoms with Crippen LogP contribution in [-0.2, 0) is 0 Å². The lowest BCUT2D eigenvalue weighted by atomic mass is 10.4. The molecule has 0 aliphatic rings. The van der Waals surface area contributed by atoms with Gasteiger partial charge in [0.25, 0.3) is 0 Å². The Morgan fingerprint density at radius 3 is 2.56 bits per heavy atom. The van der Waals surface area contributed by atoms with Crippen molar-refractivity contribution in [3.05, 3.63) is 0 Å². The molecule has 6 nitrogen and oxygen atoms in total. The molecule has 0 fully saturated rings. The van der Waals surface area contributed by atoms with Gasteiger partial charge in [0, 0.05) is 6.54 Å². The first kappa shape index (κ1) is 12.3. The molecule has 1 rings (SSSR count). The number of hydrogen-bond acceptors (Lipinski definition) is 6. The summed E-state index contributed by atoms with van der Waals surface area (Å²) in [6.45, 7) is -0.337. The number of hydrogen-bond donors (Lipinski definition) is 2. The SMILES string of the molecule is COc1nc(N)nc(NCCC(F)(F)F)n1. The molecule has 1 aromatic heterocycles. The molecule has 0 aliphatic heterocycles. The number of nitrogens with two attached hydrogens (primary N) is 1. The van der Waals surface area contributed by atoms with E-state index in [1.54, 1.807) is 0 Å². The van der Waals surface area contributed by atoms with E-state index >= 15 is 0 Å². The maximum atomic E-state index is 11.8. The predicted octanol–water partition coefficient (Wildman–Crippen LogP) is 0.827. The Balaban J connectivity index is 2.57. The van der Waals surface area contributed by atoms with Gasteiger partial charge >= 0.3 is 12.2 Å². The van der Waals surface area contributed by atoms with Crippen LogP contribution in [0.5, 0.6) is 6.01 Å². The highest BCUT2D eigenvalue weighted by atomic mass is 19.4. The normalized spacial score (nSPS) is 11.2. The van der Waals surface area contributed by atoms with Gasteiger partial charge in [0.05, 0.1) is 13.5 Å². The lowest BCUT2D eigenvalue weighted by molar-refractivity contribution is -0.131. The summed E-state index contributed by atoms with van der Waals surface area (Å²) in [7, 11) is 1.31. The minimum Gasteiger partial charge on any atom is -0.467 e. The van der Waals surface area contributed by atoms with Crippen LogP contribution in [0.4, 0.5) is 25.1 Å². The molecule has 0 radical (unpaired) electrons. The van der Waals surface area contributed by atoms with Gasteiger partial charge in [-0.25, -0.2) is 0 Å². The first-order chi connectivity index (χ1) is 7.40. The number of halogens is 3. The van der Waals surface area contributed by atoms with Crippen LogP contribution in [0.3, 0.4) is 0 Å². The van der Waals surface area contributed by atoms with Crippen LogP contribution in [0.1, 0.15) is 6.42 Å². The van der Waals surface area contributed by atoms with Crippen molar-refractivity contribution in [3.63, 3.8) is 0 Å². The lowest BCUT2D eigenvalue weighted by Gasteiger charge is -2.08. The molecule has 16 heavy (non-hydrogen) atoms. The second kappa shape index (κ2) is 4.81. The Labute approximate surface area is 89.1 Å². The fraction of sp³-hybridized carbons (Fsp3) is 0.571. The van der Waals surface area contributed by atoms with E-state index in [1.165, 1.54) is 7.11 Å². The van der Waals surface area contributed by atoms with Gasteiger partial charge in [0.15, 0.2) is 0 Å². The Morgan fingerprint density at radius 1 is 1.31 bits per heavy atom. The third kappa shape index (κ3) is 4.15. The van der Waals surface area contributed by atoms with Gasteiger partial charge in [-0.1, -0.05) is 0 Å². The first-order valence-electron chi connectivity index (χ1n) is 4.27. The van der Waals surface area contributed by atoms with Crippen LogP contribution in [-0.4, -0.2) is 34.8 Å². The summed E-state index contributed by atoms with van der Waals surface area (Å²) in [6, 6.07) is -0.0537. The number of rotatable bonds is 4. The zero-order chi connectivity index (χ0) is 12.2. The van der Waals surface area contributed by atoms with Crippen LogP contribution in [0, 0.1) is 0 Å². The summed E-state index contributed by atoms with van der Waals surface area (Å²) in [5, 5.41) is 2.37. The summed E-state index contributed by atoms with van der Waals surface area (Å²) < 4.78 is 40.2. The molecule has 0 aromatic carbocycles. The van der Waals surface area contributed by atoms with E-state index < -0.39 is 12.6 Å². The first-order valence-corrected chi connectivity index (χ1v) is 4.27.